The summed E-state index contributed by atoms with van der Waals surface area (Å²) in [5.74, 6) is 0.240. The molecule has 0 saturated carbocycles. The number of rotatable bonds is 4. The number of hydrogen-bond donors (Lipinski definition) is 2. The number of aromatic nitrogens is 1. The van der Waals surface area contributed by atoms with Crippen LogP contribution in [0, 0.1) is 23.7 Å². The number of pyridine rings is 1. The molecule has 8 nitrogen and oxygen atoms in total. The Balaban J connectivity index is 1.90. The molecule has 0 radical (unpaired) electrons. The number of nitrogens with zero attached hydrogens (tertiary/aromatic N) is 3. The number of sulfonamides is 1. The third-order valence-electron chi connectivity index (χ3n) is 4.78. The van der Waals surface area contributed by atoms with E-state index in [2.05, 4.69) is 21.4 Å². The van der Waals surface area contributed by atoms with Crippen molar-refractivity contribution in [1.29, 1.82) is 5.26 Å². The molecule has 3 rings (SSSR count). The molecule has 0 saturated heterocycles. The van der Waals surface area contributed by atoms with Crippen molar-refractivity contribution in [3.05, 3.63) is 46.6 Å². The largest absolute Gasteiger partial charge is 0.346 e. The smallest absolute Gasteiger partial charge is 0.238 e. The first-order valence-electron chi connectivity index (χ1n) is 8.90. The Morgan fingerprint density at radius 3 is 2.52 bits per heavy atom. The van der Waals surface area contributed by atoms with Crippen molar-refractivity contribution >= 4 is 33.7 Å². The maximum absolute atomic E-state index is 12.5. The second-order valence-corrected chi connectivity index (χ2v) is 9.34. The predicted molar refractivity (Wildman–Crippen MR) is 110 cm³/mol. The Bertz CT molecular complexity index is 1160. The van der Waals surface area contributed by atoms with Crippen LogP contribution in [-0.2, 0) is 16.4 Å². The third-order valence-corrected chi connectivity index (χ3v) is 5.71. The van der Waals surface area contributed by atoms with Crippen LogP contribution in [0.3, 0.4) is 0 Å². The molecular formula is C20H21N5O3S. The highest BCUT2D eigenvalue weighted by atomic mass is 32.2. The number of aliphatic imine (C=N–C) groups is 1. The van der Waals surface area contributed by atoms with Gasteiger partial charge in [-0.1, -0.05) is 13.8 Å². The van der Waals surface area contributed by atoms with E-state index in [9.17, 15) is 18.5 Å². The molecule has 1 aliphatic rings. The van der Waals surface area contributed by atoms with Crippen LogP contribution in [-0.4, -0.2) is 25.5 Å². The SMILES string of the molecule is Cc1c(C#N)c(N=CNc2ccc(S(N)(=O)=O)cc2)nc2c1C(=O)CC(C)(C)C2. The van der Waals surface area contributed by atoms with Gasteiger partial charge in [0.25, 0.3) is 0 Å². The summed E-state index contributed by atoms with van der Waals surface area (Å²) in [5.41, 5.74) is 2.45. The van der Waals surface area contributed by atoms with Gasteiger partial charge in [0.2, 0.25) is 10.0 Å². The maximum Gasteiger partial charge on any atom is 0.238 e. The third kappa shape index (κ3) is 4.34. The number of benzene rings is 1. The highest BCUT2D eigenvalue weighted by Gasteiger charge is 2.34. The Hall–Kier alpha value is -3.09. The van der Waals surface area contributed by atoms with Crippen LogP contribution < -0.4 is 10.5 Å². The summed E-state index contributed by atoms with van der Waals surface area (Å²) in [6.45, 7) is 5.77. The summed E-state index contributed by atoms with van der Waals surface area (Å²) in [4.78, 5) is 21.3. The van der Waals surface area contributed by atoms with E-state index in [0.717, 1.165) is 0 Å². The van der Waals surface area contributed by atoms with Gasteiger partial charge in [-0.2, -0.15) is 5.26 Å². The van der Waals surface area contributed by atoms with Crippen LogP contribution >= 0.6 is 0 Å². The monoisotopic (exact) mass is 411 g/mol. The highest BCUT2D eigenvalue weighted by molar-refractivity contribution is 7.89. The number of carbonyl (C=O) groups excluding carboxylic acids is 1. The number of primary sulfonamides is 1. The molecule has 1 heterocycles. The first-order chi connectivity index (χ1) is 13.5. The lowest BCUT2D eigenvalue weighted by Crippen LogP contribution is -2.29. The van der Waals surface area contributed by atoms with Gasteiger partial charge in [-0.25, -0.2) is 23.5 Å². The molecule has 0 spiro atoms. The van der Waals surface area contributed by atoms with Crippen LogP contribution in [0.25, 0.3) is 0 Å². The molecule has 1 aromatic heterocycles. The molecule has 2 aromatic rings. The van der Waals surface area contributed by atoms with Crippen LogP contribution in [0.15, 0.2) is 34.2 Å². The van der Waals surface area contributed by atoms with E-state index >= 15 is 0 Å². The molecule has 0 unspecified atom stereocenters. The predicted octanol–water partition coefficient (Wildman–Crippen LogP) is 2.84. The van der Waals surface area contributed by atoms with Crippen LogP contribution in [0.2, 0.25) is 0 Å². The molecule has 0 fully saturated rings. The van der Waals surface area contributed by atoms with E-state index in [1.165, 1.54) is 18.5 Å². The van der Waals surface area contributed by atoms with E-state index in [1.54, 1.807) is 19.1 Å². The molecular weight excluding hydrogens is 390 g/mol. The number of ketones is 1. The molecule has 1 aromatic carbocycles. The highest BCUT2D eigenvalue weighted by Crippen LogP contribution is 2.37. The van der Waals surface area contributed by atoms with Gasteiger partial charge in [0.15, 0.2) is 11.6 Å². The van der Waals surface area contributed by atoms with Crippen LogP contribution in [0.4, 0.5) is 11.5 Å². The number of hydrogen-bond acceptors (Lipinski definition) is 6. The molecule has 3 N–H and O–H groups in total. The van der Waals surface area contributed by atoms with Crippen molar-refractivity contribution in [2.75, 3.05) is 5.32 Å². The molecule has 0 atom stereocenters. The van der Waals surface area contributed by atoms with Crippen molar-refractivity contribution in [1.82, 2.24) is 4.98 Å². The molecule has 0 aliphatic heterocycles. The summed E-state index contributed by atoms with van der Waals surface area (Å²) in [5, 5.41) is 17.5. The van der Waals surface area contributed by atoms with E-state index in [4.69, 9.17) is 5.14 Å². The van der Waals surface area contributed by atoms with E-state index in [1.807, 2.05) is 13.8 Å². The van der Waals surface area contributed by atoms with Gasteiger partial charge in [0.1, 0.15) is 11.6 Å². The summed E-state index contributed by atoms with van der Waals surface area (Å²) in [7, 11) is -3.75. The average molecular weight is 411 g/mol. The number of nitriles is 1. The second kappa shape index (κ2) is 7.39. The minimum atomic E-state index is -3.75. The summed E-state index contributed by atoms with van der Waals surface area (Å²) >= 11 is 0. The normalized spacial score (nSPS) is 15.8. The standard InChI is InChI=1S/C20H21N5O3S/c1-12-15(10-21)19(25-16-8-20(2,3)9-17(26)18(12)16)24-11-23-13-4-6-14(7-5-13)29(22,27)28/h4-7,11H,8-9H2,1-3H3,(H2,22,27,28)(H,23,24,25). The number of fused-ring (bicyclic) bond motifs is 1. The van der Waals surface area contributed by atoms with E-state index in [0.29, 0.717) is 35.3 Å². The van der Waals surface area contributed by atoms with Crippen molar-refractivity contribution in [3.8, 4) is 6.07 Å². The van der Waals surface area contributed by atoms with Gasteiger partial charge >= 0.3 is 0 Å². The lowest BCUT2D eigenvalue weighted by molar-refractivity contribution is 0.0909. The summed E-state index contributed by atoms with van der Waals surface area (Å²) in [6, 6.07) is 7.93. The van der Waals surface area contributed by atoms with Gasteiger partial charge < -0.3 is 5.32 Å². The fourth-order valence-electron chi connectivity index (χ4n) is 3.42. The minimum absolute atomic E-state index is 0.00125. The van der Waals surface area contributed by atoms with Gasteiger partial charge in [-0.05, 0) is 48.6 Å². The molecule has 1 aliphatic carbocycles. The molecule has 150 valence electrons. The quantitative estimate of drug-likeness (QED) is 0.586. The average Bonchev–Trinajstić information content (AvgIpc) is 2.60. The number of carbonyl (C=O) groups is 1. The summed E-state index contributed by atoms with van der Waals surface area (Å²) < 4.78 is 22.6. The first kappa shape index (κ1) is 20.6. The van der Waals surface area contributed by atoms with Crippen molar-refractivity contribution in [2.24, 2.45) is 15.5 Å². The molecule has 29 heavy (non-hydrogen) atoms. The Kier molecular flexibility index (Phi) is 5.26. The fourth-order valence-corrected chi connectivity index (χ4v) is 3.94. The molecule has 0 amide bonds. The number of anilines is 1. The van der Waals surface area contributed by atoms with Crippen LogP contribution in [0.5, 0.6) is 0 Å². The lowest BCUT2D eigenvalue weighted by atomic mass is 9.74. The second-order valence-electron chi connectivity index (χ2n) is 7.78. The molecule has 9 heteroatoms. The van der Waals surface area contributed by atoms with Gasteiger partial charge in [0, 0.05) is 17.7 Å². The number of nitrogens with two attached hydrogens (primary N) is 1. The minimum Gasteiger partial charge on any atom is -0.346 e. The number of nitrogens with one attached hydrogen (secondary N) is 1. The van der Waals surface area contributed by atoms with Crippen molar-refractivity contribution in [3.63, 3.8) is 0 Å². The zero-order valence-electron chi connectivity index (χ0n) is 16.4. The van der Waals surface area contributed by atoms with Crippen molar-refractivity contribution in [2.45, 2.75) is 38.5 Å². The van der Waals surface area contributed by atoms with Gasteiger partial charge in [-0.3, -0.25) is 4.79 Å². The Labute approximate surface area is 169 Å². The topological polar surface area (TPSA) is 138 Å². The van der Waals surface area contributed by atoms with E-state index in [-0.39, 0.29) is 27.5 Å². The maximum atomic E-state index is 12.5. The first-order valence-corrected chi connectivity index (χ1v) is 10.5. The van der Waals surface area contributed by atoms with E-state index < -0.39 is 10.0 Å². The Morgan fingerprint density at radius 2 is 1.93 bits per heavy atom. The number of Topliss-reactive ketones (excluding diaryl/α,β-unsaturated/α-hetero) is 1. The Morgan fingerprint density at radius 1 is 1.28 bits per heavy atom. The van der Waals surface area contributed by atoms with Crippen LogP contribution in [0.1, 0.15) is 47.4 Å². The molecule has 0 bridgehead atoms. The fraction of sp³-hybridized carbons (Fsp3) is 0.300. The zero-order valence-corrected chi connectivity index (χ0v) is 17.2. The van der Waals surface area contributed by atoms with Gasteiger partial charge in [0.05, 0.1) is 16.9 Å². The van der Waals surface area contributed by atoms with Crippen molar-refractivity contribution < 1.29 is 13.2 Å². The lowest BCUT2D eigenvalue weighted by Gasteiger charge is -2.30. The van der Waals surface area contributed by atoms with Gasteiger partial charge in [-0.15, -0.1) is 0 Å². The summed E-state index contributed by atoms with van der Waals surface area (Å²) in [6.07, 6.45) is 2.43. The zero-order chi connectivity index (χ0) is 21.4.